The molecule has 1 aliphatic heterocycles. The molecule has 1 saturated heterocycles. The number of rotatable bonds is 5. The molecule has 0 spiro atoms. The molecule has 1 aliphatic rings. The standard InChI is InChI=1S/C21H26N2O2S/c1-15-11-16(2)14-23(13-15)21(25)18(12-17-7-4-3-5-8-17)22-20(24)19-9-6-10-26-19/h3-10,15-16,18H,11-14H2,1-2H3,(H,22,24). The van der Waals surface area contributed by atoms with Crippen molar-refractivity contribution in [1.29, 1.82) is 0 Å². The highest BCUT2D eigenvalue weighted by atomic mass is 32.1. The van der Waals surface area contributed by atoms with Crippen LogP contribution in [-0.2, 0) is 11.2 Å². The fraction of sp³-hybridized carbons (Fsp3) is 0.429. The van der Waals surface area contributed by atoms with E-state index in [0.717, 1.165) is 25.1 Å². The second-order valence-electron chi connectivity index (χ2n) is 7.38. The Balaban J connectivity index is 1.77. The van der Waals surface area contributed by atoms with E-state index in [1.54, 1.807) is 6.07 Å². The van der Waals surface area contributed by atoms with Crippen molar-refractivity contribution in [2.24, 2.45) is 11.8 Å². The van der Waals surface area contributed by atoms with Crippen LogP contribution in [0.3, 0.4) is 0 Å². The largest absolute Gasteiger partial charge is 0.340 e. The average molecular weight is 371 g/mol. The van der Waals surface area contributed by atoms with Crippen LogP contribution in [0.15, 0.2) is 47.8 Å². The maximum atomic E-state index is 13.2. The molecular formula is C21H26N2O2S. The molecule has 1 aromatic heterocycles. The summed E-state index contributed by atoms with van der Waals surface area (Å²) in [6.07, 6.45) is 1.66. The van der Waals surface area contributed by atoms with Gasteiger partial charge in [0, 0.05) is 19.5 Å². The number of amides is 2. The minimum absolute atomic E-state index is 0.0251. The molecule has 138 valence electrons. The van der Waals surface area contributed by atoms with Gasteiger partial charge in [0.05, 0.1) is 4.88 Å². The highest BCUT2D eigenvalue weighted by molar-refractivity contribution is 7.12. The Labute approximate surface area is 159 Å². The second-order valence-corrected chi connectivity index (χ2v) is 8.33. The summed E-state index contributed by atoms with van der Waals surface area (Å²) in [5, 5.41) is 4.85. The summed E-state index contributed by atoms with van der Waals surface area (Å²) in [6, 6.07) is 13.0. The van der Waals surface area contributed by atoms with Crippen LogP contribution in [0.1, 0.15) is 35.5 Å². The second kappa shape index (κ2) is 8.49. The van der Waals surface area contributed by atoms with Gasteiger partial charge in [0.1, 0.15) is 6.04 Å². The van der Waals surface area contributed by atoms with E-state index in [1.165, 1.54) is 11.3 Å². The number of thiophene rings is 1. The zero-order valence-electron chi connectivity index (χ0n) is 15.4. The lowest BCUT2D eigenvalue weighted by molar-refractivity contribution is -0.135. The number of piperidine rings is 1. The highest BCUT2D eigenvalue weighted by Gasteiger charge is 2.31. The Morgan fingerprint density at radius 1 is 1.12 bits per heavy atom. The lowest BCUT2D eigenvalue weighted by Gasteiger charge is -2.37. The third-order valence-electron chi connectivity index (χ3n) is 4.81. The van der Waals surface area contributed by atoms with E-state index in [1.807, 2.05) is 46.7 Å². The molecule has 2 heterocycles. The van der Waals surface area contributed by atoms with E-state index >= 15 is 0 Å². The van der Waals surface area contributed by atoms with Crippen LogP contribution in [0, 0.1) is 11.8 Å². The molecule has 5 heteroatoms. The SMILES string of the molecule is CC1CC(C)CN(C(=O)C(Cc2ccccc2)NC(=O)c2cccs2)C1. The third kappa shape index (κ3) is 4.73. The van der Waals surface area contributed by atoms with Crippen molar-refractivity contribution >= 4 is 23.2 Å². The molecule has 1 fully saturated rings. The van der Waals surface area contributed by atoms with Crippen LogP contribution in [0.5, 0.6) is 0 Å². The highest BCUT2D eigenvalue weighted by Crippen LogP contribution is 2.22. The summed E-state index contributed by atoms with van der Waals surface area (Å²) in [4.78, 5) is 28.3. The smallest absolute Gasteiger partial charge is 0.262 e. The number of nitrogens with zero attached hydrogens (tertiary/aromatic N) is 1. The Kier molecular flexibility index (Phi) is 6.09. The van der Waals surface area contributed by atoms with E-state index in [-0.39, 0.29) is 11.8 Å². The molecule has 0 bridgehead atoms. The first kappa shape index (κ1) is 18.6. The predicted molar refractivity (Wildman–Crippen MR) is 105 cm³/mol. The quantitative estimate of drug-likeness (QED) is 0.874. The molecule has 26 heavy (non-hydrogen) atoms. The molecule has 2 amide bonds. The van der Waals surface area contributed by atoms with Gasteiger partial charge in [0.25, 0.3) is 5.91 Å². The first-order chi connectivity index (χ1) is 12.5. The van der Waals surface area contributed by atoms with Gasteiger partial charge in [-0.1, -0.05) is 50.2 Å². The van der Waals surface area contributed by atoms with Gasteiger partial charge in [-0.05, 0) is 35.3 Å². The van der Waals surface area contributed by atoms with Crippen molar-refractivity contribution in [2.45, 2.75) is 32.7 Å². The van der Waals surface area contributed by atoms with E-state index in [9.17, 15) is 9.59 Å². The summed E-state index contributed by atoms with van der Waals surface area (Å²) in [5.74, 6) is 0.839. The average Bonchev–Trinajstić information content (AvgIpc) is 3.15. The van der Waals surface area contributed by atoms with Gasteiger partial charge in [0.2, 0.25) is 5.91 Å². The maximum Gasteiger partial charge on any atom is 0.262 e. The van der Waals surface area contributed by atoms with Crippen molar-refractivity contribution < 1.29 is 9.59 Å². The van der Waals surface area contributed by atoms with Crippen molar-refractivity contribution in [1.82, 2.24) is 10.2 Å². The summed E-state index contributed by atoms with van der Waals surface area (Å²) < 4.78 is 0. The number of hydrogen-bond acceptors (Lipinski definition) is 3. The summed E-state index contributed by atoms with van der Waals surface area (Å²) in [6.45, 7) is 5.91. The van der Waals surface area contributed by atoms with Gasteiger partial charge in [-0.3, -0.25) is 9.59 Å². The van der Waals surface area contributed by atoms with Gasteiger partial charge < -0.3 is 10.2 Å². The summed E-state index contributed by atoms with van der Waals surface area (Å²) in [5.41, 5.74) is 1.05. The lowest BCUT2D eigenvalue weighted by Crippen LogP contribution is -2.53. The summed E-state index contributed by atoms with van der Waals surface area (Å²) >= 11 is 1.39. The fourth-order valence-corrected chi connectivity index (χ4v) is 4.38. The predicted octanol–water partition coefficient (Wildman–Crippen LogP) is 3.59. The molecule has 3 atom stereocenters. The maximum absolute atomic E-state index is 13.2. The topological polar surface area (TPSA) is 49.4 Å². The number of likely N-dealkylation sites (tertiary alicyclic amines) is 1. The van der Waals surface area contributed by atoms with Crippen LogP contribution in [0.25, 0.3) is 0 Å². The zero-order chi connectivity index (χ0) is 18.5. The Morgan fingerprint density at radius 3 is 2.42 bits per heavy atom. The third-order valence-corrected chi connectivity index (χ3v) is 5.68. The normalized spacial score (nSPS) is 21.2. The molecule has 2 aromatic rings. The molecule has 1 aromatic carbocycles. The van der Waals surface area contributed by atoms with E-state index in [0.29, 0.717) is 23.1 Å². The number of benzene rings is 1. The van der Waals surface area contributed by atoms with Crippen LogP contribution in [-0.4, -0.2) is 35.8 Å². The van der Waals surface area contributed by atoms with Crippen molar-refractivity contribution in [3.05, 3.63) is 58.3 Å². The molecule has 3 unspecified atom stereocenters. The molecule has 0 aliphatic carbocycles. The lowest BCUT2D eigenvalue weighted by atomic mass is 9.91. The zero-order valence-corrected chi connectivity index (χ0v) is 16.2. The van der Waals surface area contributed by atoms with E-state index in [2.05, 4.69) is 19.2 Å². The molecule has 4 nitrogen and oxygen atoms in total. The summed E-state index contributed by atoms with van der Waals surface area (Å²) in [7, 11) is 0. The van der Waals surface area contributed by atoms with Gasteiger partial charge >= 0.3 is 0 Å². The Hall–Kier alpha value is -2.14. The van der Waals surface area contributed by atoms with Crippen molar-refractivity contribution in [2.75, 3.05) is 13.1 Å². The number of hydrogen-bond donors (Lipinski definition) is 1. The number of nitrogens with one attached hydrogen (secondary N) is 1. The molecule has 0 saturated carbocycles. The first-order valence-electron chi connectivity index (χ1n) is 9.20. The van der Waals surface area contributed by atoms with Gasteiger partial charge in [0.15, 0.2) is 0 Å². The van der Waals surface area contributed by atoms with Crippen LogP contribution in [0.4, 0.5) is 0 Å². The number of carbonyl (C=O) groups excluding carboxylic acids is 2. The van der Waals surface area contributed by atoms with E-state index < -0.39 is 6.04 Å². The monoisotopic (exact) mass is 370 g/mol. The van der Waals surface area contributed by atoms with Crippen molar-refractivity contribution in [3.63, 3.8) is 0 Å². The Morgan fingerprint density at radius 2 is 1.81 bits per heavy atom. The number of carbonyl (C=O) groups is 2. The molecule has 3 rings (SSSR count). The van der Waals surface area contributed by atoms with Crippen LogP contribution < -0.4 is 5.32 Å². The van der Waals surface area contributed by atoms with Crippen molar-refractivity contribution in [3.8, 4) is 0 Å². The molecule has 1 N–H and O–H groups in total. The van der Waals surface area contributed by atoms with Crippen LogP contribution in [0.2, 0.25) is 0 Å². The molecular weight excluding hydrogens is 344 g/mol. The van der Waals surface area contributed by atoms with E-state index in [4.69, 9.17) is 0 Å². The van der Waals surface area contributed by atoms with Crippen LogP contribution >= 0.6 is 11.3 Å². The minimum atomic E-state index is -0.538. The van der Waals surface area contributed by atoms with Gasteiger partial charge in [-0.15, -0.1) is 11.3 Å². The fourth-order valence-electron chi connectivity index (χ4n) is 3.75. The first-order valence-corrected chi connectivity index (χ1v) is 10.1. The molecule has 0 radical (unpaired) electrons. The Bertz CT molecular complexity index is 720. The van der Waals surface area contributed by atoms with Gasteiger partial charge in [-0.25, -0.2) is 0 Å². The minimum Gasteiger partial charge on any atom is -0.340 e. The van der Waals surface area contributed by atoms with Gasteiger partial charge in [-0.2, -0.15) is 0 Å².